The van der Waals surface area contributed by atoms with Gasteiger partial charge in [-0.1, -0.05) is 32.4 Å². The number of ketones is 1. The Morgan fingerprint density at radius 2 is 2.06 bits per heavy atom. The predicted octanol–water partition coefficient (Wildman–Crippen LogP) is 2.29. The minimum Gasteiger partial charge on any atom is -0.373 e. The zero-order chi connectivity index (χ0) is 13.7. The number of dihydropyridines is 1. The highest BCUT2D eigenvalue weighted by molar-refractivity contribution is 6.35. The summed E-state index contributed by atoms with van der Waals surface area (Å²) in [6.45, 7) is 9.79. The molecule has 0 radical (unpaired) electrons. The van der Waals surface area contributed by atoms with Crippen LogP contribution in [0.1, 0.15) is 27.7 Å². The summed E-state index contributed by atoms with van der Waals surface area (Å²) in [6.07, 6.45) is 0. The van der Waals surface area contributed by atoms with Crippen LogP contribution in [0.15, 0.2) is 21.9 Å². The van der Waals surface area contributed by atoms with E-state index >= 15 is 0 Å². The van der Waals surface area contributed by atoms with Crippen LogP contribution in [-0.4, -0.2) is 36.9 Å². The third-order valence-electron chi connectivity index (χ3n) is 3.21. The summed E-state index contributed by atoms with van der Waals surface area (Å²) in [5, 5.41) is 3.85. The molecule has 0 aromatic rings. The van der Waals surface area contributed by atoms with Crippen molar-refractivity contribution in [1.29, 1.82) is 0 Å². The predicted molar refractivity (Wildman–Crippen MR) is 74.5 cm³/mol. The first-order chi connectivity index (χ1) is 8.20. The molecule has 0 amide bonds. The standard InChI is InChI=1S/C14H21ClN2O/c1-8-10(11(15)13-12(8)16-13)9(18)6-17(5)7-14(2,3)4/h13,16H,6-7H2,1-5H3/t13-/m0/s1. The van der Waals surface area contributed by atoms with E-state index in [1.54, 1.807) is 0 Å². The number of fused-ring (bicyclic) bond motifs is 1. The molecule has 0 bridgehead atoms. The smallest absolute Gasteiger partial charge is 0.178 e. The van der Waals surface area contributed by atoms with Gasteiger partial charge in [-0.15, -0.1) is 0 Å². The molecule has 0 saturated carbocycles. The Morgan fingerprint density at radius 1 is 1.44 bits per heavy atom. The SMILES string of the molecule is CC1=C2N[C@H]2C(Cl)=C1C(=O)CN(C)CC(C)(C)C. The van der Waals surface area contributed by atoms with Gasteiger partial charge in [0.1, 0.15) is 6.04 Å². The Balaban J connectivity index is 2.00. The Kier molecular flexibility index (Phi) is 3.32. The Hall–Kier alpha value is -0.800. The quantitative estimate of drug-likeness (QED) is 0.796. The third kappa shape index (κ3) is 2.62. The number of Topliss-reactive ketones (excluding diaryl/α,β-unsaturated/α-hetero) is 1. The van der Waals surface area contributed by atoms with E-state index in [9.17, 15) is 4.79 Å². The Bertz CT molecular complexity index is 457. The summed E-state index contributed by atoms with van der Waals surface area (Å²) in [5.74, 6) is 0.130. The van der Waals surface area contributed by atoms with Crippen LogP contribution in [0.4, 0.5) is 0 Å². The molecule has 18 heavy (non-hydrogen) atoms. The normalized spacial score (nSPS) is 22.5. The number of halogens is 1. The number of nitrogens with zero attached hydrogens (tertiary/aromatic N) is 1. The molecular formula is C14H21ClN2O. The van der Waals surface area contributed by atoms with Crippen molar-refractivity contribution in [3.63, 3.8) is 0 Å². The van der Waals surface area contributed by atoms with Crippen LogP contribution >= 0.6 is 11.6 Å². The second-order valence-electron chi connectivity index (χ2n) is 6.50. The van der Waals surface area contributed by atoms with Crippen molar-refractivity contribution < 1.29 is 4.79 Å². The lowest BCUT2D eigenvalue weighted by Gasteiger charge is -2.26. The monoisotopic (exact) mass is 268 g/mol. The molecule has 2 rings (SSSR count). The topological polar surface area (TPSA) is 42.3 Å². The van der Waals surface area contributed by atoms with Crippen LogP contribution in [0.25, 0.3) is 0 Å². The second-order valence-corrected chi connectivity index (χ2v) is 6.90. The second kappa shape index (κ2) is 4.39. The molecule has 1 N–H and O–H groups in total. The molecule has 4 heteroatoms. The Labute approximate surface area is 114 Å². The van der Waals surface area contributed by atoms with Crippen molar-refractivity contribution in [1.82, 2.24) is 10.2 Å². The lowest BCUT2D eigenvalue weighted by atomic mass is 9.96. The molecule has 1 aliphatic carbocycles. The third-order valence-corrected chi connectivity index (χ3v) is 3.62. The van der Waals surface area contributed by atoms with Crippen molar-refractivity contribution in [3.8, 4) is 0 Å². The lowest BCUT2D eigenvalue weighted by Crippen LogP contribution is -2.34. The van der Waals surface area contributed by atoms with Gasteiger partial charge in [-0.3, -0.25) is 9.69 Å². The minimum atomic E-state index is 0.130. The fraction of sp³-hybridized carbons (Fsp3) is 0.643. The zero-order valence-electron chi connectivity index (χ0n) is 11.7. The molecule has 0 spiro atoms. The molecule has 1 atom stereocenters. The molecular weight excluding hydrogens is 248 g/mol. The van der Waals surface area contributed by atoms with Crippen LogP contribution in [-0.2, 0) is 4.79 Å². The van der Waals surface area contributed by atoms with E-state index in [0.717, 1.165) is 23.4 Å². The first kappa shape index (κ1) is 13.6. The van der Waals surface area contributed by atoms with Gasteiger partial charge in [0.05, 0.1) is 11.6 Å². The van der Waals surface area contributed by atoms with Crippen LogP contribution in [0.3, 0.4) is 0 Å². The van der Waals surface area contributed by atoms with E-state index in [-0.39, 0.29) is 17.2 Å². The van der Waals surface area contributed by atoms with Crippen molar-refractivity contribution in [3.05, 3.63) is 21.9 Å². The summed E-state index contributed by atoms with van der Waals surface area (Å²) >= 11 is 6.21. The van der Waals surface area contributed by atoms with Gasteiger partial charge >= 0.3 is 0 Å². The summed E-state index contributed by atoms with van der Waals surface area (Å²) in [4.78, 5) is 14.3. The number of nitrogens with one attached hydrogen (secondary N) is 1. The highest BCUT2D eigenvalue weighted by Gasteiger charge is 2.43. The number of allylic oxidation sites excluding steroid dienone is 1. The largest absolute Gasteiger partial charge is 0.373 e. The highest BCUT2D eigenvalue weighted by atomic mass is 35.5. The fourth-order valence-electron chi connectivity index (χ4n) is 2.62. The number of hydrogen-bond acceptors (Lipinski definition) is 3. The molecule has 1 fully saturated rings. The van der Waals surface area contributed by atoms with Gasteiger partial charge in [-0.25, -0.2) is 0 Å². The van der Waals surface area contributed by atoms with Crippen LogP contribution in [0, 0.1) is 5.41 Å². The highest BCUT2D eigenvalue weighted by Crippen LogP contribution is 2.42. The number of carbonyl (C=O) groups is 1. The number of likely N-dealkylation sites (N-methyl/N-ethyl adjacent to an activating group) is 1. The van der Waals surface area contributed by atoms with E-state index in [2.05, 4.69) is 31.0 Å². The lowest BCUT2D eigenvalue weighted by molar-refractivity contribution is -0.116. The molecule has 0 aromatic carbocycles. The number of rotatable bonds is 4. The molecule has 0 aromatic heterocycles. The van der Waals surface area contributed by atoms with Gasteiger partial charge in [-0.2, -0.15) is 0 Å². The van der Waals surface area contributed by atoms with E-state index in [4.69, 9.17) is 11.6 Å². The number of hydrogen-bond donors (Lipinski definition) is 1. The van der Waals surface area contributed by atoms with E-state index in [1.165, 1.54) is 0 Å². The molecule has 2 aliphatic rings. The molecule has 100 valence electrons. The zero-order valence-corrected chi connectivity index (χ0v) is 12.5. The van der Waals surface area contributed by atoms with Gasteiger partial charge in [0, 0.05) is 17.8 Å². The molecule has 1 heterocycles. The summed E-state index contributed by atoms with van der Waals surface area (Å²) in [5.41, 5.74) is 3.08. The van der Waals surface area contributed by atoms with Crippen LogP contribution < -0.4 is 5.32 Å². The molecule has 1 aliphatic heterocycles. The molecule has 3 nitrogen and oxygen atoms in total. The molecule has 1 saturated heterocycles. The van der Waals surface area contributed by atoms with Gasteiger partial charge in [-0.05, 0) is 25.0 Å². The van der Waals surface area contributed by atoms with Gasteiger partial charge in [0.2, 0.25) is 0 Å². The average Bonchev–Trinajstić information content (AvgIpc) is 2.88. The van der Waals surface area contributed by atoms with E-state index in [0.29, 0.717) is 11.6 Å². The first-order valence-corrected chi connectivity index (χ1v) is 6.67. The van der Waals surface area contributed by atoms with Gasteiger partial charge in [0.15, 0.2) is 5.78 Å². The van der Waals surface area contributed by atoms with Crippen molar-refractivity contribution in [2.75, 3.05) is 20.1 Å². The van der Waals surface area contributed by atoms with Gasteiger partial charge in [0.25, 0.3) is 0 Å². The van der Waals surface area contributed by atoms with E-state index < -0.39 is 0 Å². The first-order valence-electron chi connectivity index (χ1n) is 6.30. The van der Waals surface area contributed by atoms with Crippen molar-refractivity contribution in [2.45, 2.75) is 33.7 Å². The fourth-order valence-corrected chi connectivity index (χ4v) is 3.03. The average molecular weight is 269 g/mol. The van der Waals surface area contributed by atoms with Crippen molar-refractivity contribution in [2.24, 2.45) is 5.41 Å². The minimum absolute atomic E-state index is 0.130. The van der Waals surface area contributed by atoms with Crippen LogP contribution in [0.2, 0.25) is 0 Å². The summed E-state index contributed by atoms with van der Waals surface area (Å²) in [6, 6.07) is 0.138. The number of carbonyl (C=O) groups excluding carboxylic acids is 1. The summed E-state index contributed by atoms with van der Waals surface area (Å²) < 4.78 is 0. The summed E-state index contributed by atoms with van der Waals surface area (Å²) in [7, 11) is 1.98. The maximum Gasteiger partial charge on any atom is 0.178 e. The van der Waals surface area contributed by atoms with Crippen LogP contribution in [0.5, 0.6) is 0 Å². The Morgan fingerprint density at radius 3 is 2.50 bits per heavy atom. The maximum absolute atomic E-state index is 12.3. The van der Waals surface area contributed by atoms with E-state index in [1.807, 2.05) is 14.0 Å². The molecule has 0 unspecified atom stereocenters. The maximum atomic E-state index is 12.3. The van der Waals surface area contributed by atoms with Gasteiger partial charge < -0.3 is 5.32 Å². The van der Waals surface area contributed by atoms with Crippen molar-refractivity contribution >= 4 is 17.4 Å².